The Morgan fingerprint density at radius 2 is 1.35 bits per heavy atom. The van der Waals surface area contributed by atoms with Crippen LogP contribution in [-0.2, 0) is 9.47 Å². The first-order valence-corrected chi connectivity index (χ1v) is 15.8. The van der Waals surface area contributed by atoms with Gasteiger partial charge in [-0.05, 0) is 0 Å². The van der Waals surface area contributed by atoms with Gasteiger partial charge in [-0.1, -0.05) is 0 Å². The number of ether oxygens (including phenoxy) is 2. The van der Waals surface area contributed by atoms with Crippen molar-refractivity contribution in [2.24, 2.45) is 0 Å². The number of unbranched alkanes of at least 4 members (excludes halogenated alkanes) is 3. The summed E-state index contributed by atoms with van der Waals surface area (Å²) in [6.45, 7) is 7.79. The van der Waals surface area contributed by atoms with E-state index < -0.39 is 18.4 Å². The maximum atomic E-state index is 5.33. The quantitative estimate of drug-likeness (QED) is 0.203. The first kappa shape index (κ1) is 20.3. The minimum absolute atomic E-state index is 0.357. The number of methoxy groups -OCH3 is 1. The van der Waals surface area contributed by atoms with Gasteiger partial charge in [-0.2, -0.15) is 0 Å². The summed E-state index contributed by atoms with van der Waals surface area (Å²) < 4.78 is 18.3. The molecule has 0 atom stereocenters. The van der Waals surface area contributed by atoms with E-state index in [-0.39, 0.29) is 0 Å². The average molecular weight is 389 g/mol. The van der Waals surface area contributed by atoms with E-state index in [4.69, 9.17) is 9.47 Å². The van der Waals surface area contributed by atoms with Gasteiger partial charge in [0.15, 0.2) is 0 Å². The van der Waals surface area contributed by atoms with E-state index in [1.165, 1.54) is 51.8 Å². The zero-order chi connectivity index (χ0) is 15.1. The van der Waals surface area contributed by atoms with Gasteiger partial charge in [-0.25, -0.2) is 0 Å². The number of hydrogen-bond acceptors (Lipinski definition) is 2. The zero-order valence-electron chi connectivity index (χ0n) is 14.1. The van der Waals surface area contributed by atoms with E-state index in [2.05, 4.69) is 30.6 Å². The van der Waals surface area contributed by atoms with Gasteiger partial charge in [0.1, 0.15) is 0 Å². The molecule has 0 N–H and O–H groups in total. The monoisotopic (exact) mass is 390 g/mol. The molecule has 0 aliphatic carbocycles. The van der Waals surface area contributed by atoms with Gasteiger partial charge in [-0.15, -0.1) is 0 Å². The van der Waals surface area contributed by atoms with Crippen molar-refractivity contribution >= 4 is 18.4 Å². The summed E-state index contributed by atoms with van der Waals surface area (Å²) in [5.41, 5.74) is 0. The SMILES string of the molecule is CCC[CH2][Sn]([C]#CCOCOC)([CH2]CCC)[CH2]CCC. The molecule has 0 amide bonds. The first-order valence-electron chi connectivity index (χ1n) is 8.31. The van der Waals surface area contributed by atoms with Gasteiger partial charge in [0, 0.05) is 0 Å². The molecule has 0 rings (SSSR count). The second kappa shape index (κ2) is 14.2. The van der Waals surface area contributed by atoms with Crippen LogP contribution in [-0.4, -0.2) is 38.9 Å². The molecule has 0 aromatic rings. The molecule has 0 fully saturated rings. The molecule has 0 aromatic carbocycles. The summed E-state index contributed by atoms with van der Waals surface area (Å²) in [5, 5.41) is 0. The molecular weight excluding hydrogens is 355 g/mol. The van der Waals surface area contributed by atoms with Crippen LogP contribution >= 0.6 is 0 Å². The van der Waals surface area contributed by atoms with Crippen molar-refractivity contribution in [3.05, 3.63) is 0 Å². The summed E-state index contributed by atoms with van der Waals surface area (Å²) in [6, 6.07) is 0. The van der Waals surface area contributed by atoms with Crippen molar-refractivity contribution in [2.75, 3.05) is 20.5 Å². The molecule has 3 heteroatoms. The average Bonchev–Trinajstić information content (AvgIpc) is 2.48. The van der Waals surface area contributed by atoms with Gasteiger partial charge < -0.3 is 0 Å². The van der Waals surface area contributed by atoms with Crippen LogP contribution < -0.4 is 0 Å². The van der Waals surface area contributed by atoms with Crippen molar-refractivity contribution < 1.29 is 9.47 Å². The van der Waals surface area contributed by atoms with E-state index in [1.54, 1.807) is 7.11 Å². The van der Waals surface area contributed by atoms with Crippen LogP contribution in [0.3, 0.4) is 0 Å². The van der Waals surface area contributed by atoms with Crippen LogP contribution in [0, 0.1) is 9.86 Å². The summed E-state index contributed by atoms with van der Waals surface area (Å²) in [4.78, 5) is 0. The van der Waals surface area contributed by atoms with Gasteiger partial charge in [0.2, 0.25) is 0 Å². The molecule has 0 saturated heterocycles. The molecule has 0 aliphatic heterocycles. The van der Waals surface area contributed by atoms with E-state index in [1.807, 2.05) is 0 Å². The van der Waals surface area contributed by atoms with Crippen molar-refractivity contribution in [3.8, 4) is 9.86 Å². The van der Waals surface area contributed by atoms with E-state index in [0.29, 0.717) is 13.4 Å². The summed E-state index contributed by atoms with van der Waals surface area (Å²) in [6.07, 6.45) is 8.03. The van der Waals surface area contributed by atoms with Crippen LogP contribution in [0.2, 0.25) is 13.3 Å². The van der Waals surface area contributed by atoms with Crippen molar-refractivity contribution in [1.29, 1.82) is 0 Å². The van der Waals surface area contributed by atoms with E-state index >= 15 is 0 Å². The Balaban J connectivity index is 4.64. The van der Waals surface area contributed by atoms with Crippen molar-refractivity contribution in [3.63, 3.8) is 0 Å². The molecule has 118 valence electrons. The van der Waals surface area contributed by atoms with E-state index in [9.17, 15) is 0 Å². The Labute approximate surface area is 130 Å². The summed E-state index contributed by atoms with van der Waals surface area (Å²) >= 11 is -2.23. The predicted molar refractivity (Wildman–Crippen MR) is 90.5 cm³/mol. The minimum atomic E-state index is -2.23. The molecule has 0 unspecified atom stereocenters. The summed E-state index contributed by atoms with van der Waals surface area (Å²) in [5.74, 6) is 3.33. The van der Waals surface area contributed by atoms with Crippen molar-refractivity contribution in [2.45, 2.75) is 72.6 Å². The molecule has 2 nitrogen and oxygen atoms in total. The van der Waals surface area contributed by atoms with Crippen molar-refractivity contribution in [1.82, 2.24) is 0 Å². The Bertz CT molecular complexity index is 246. The second-order valence-corrected chi connectivity index (χ2v) is 18.0. The Morgan fingerprint density at radius 1 is 0.850 bits per heavy atom. The van der Waals surface area contributed by atoms with E-state index in [0.717, 1.165) is 0 Å². The van der Waals surface area contributed by atoms with Gasteiger partial charge in [-0.3, -0.25) is 0 Å². The molecule has 0 heterocycles. The second-order valence-electron chi connectivity index (χ2n) is 5.65. The summed E-state index contributed by atoms with van der Waals surface area (Å²) in [7, 11) is 1.65. The molecule has 0 aliphatic rings. The molecule has 0 aromatic heterocycles. The number of hydrogen-bond donors (Lipinski definition) is 0. The Morgan fingerprint density at radius 3 is 1.75 bits per heavy atom. The first-order chi connectivity index (χ1) is 9.74. The van der Waals surface area contributed by atoms with Crippen LogP contribution in [0.5, 0.6) is 0 Å². The predicted octanol–water partition coefficient (Wildman–Crippen LogP) is 5.00. The van der Waals surface area contributed by atoms with Crippen LogP contribution in [0.4, 0.5) is 0 Å². The molecule has 20 heavy (non-hydrogen) atoms. The normalized spacial score (nSPS) is 11.2. The van der Waals surface area contributed by atoms with Crippen LogP contribution in [0.1, 0.15) is 59.3 Å². The fourth-order valence-electron chi connectivity index (χ4n) is 2.51. The standard InChI is InChI=1S/C5H7O2.3C4H9.Sn/c1-3-4-7-5-6-2;3*1-3-4-2;/h4-5H2,2H3;3*1,3-4H2,2H3;. The molecule has 0 radical (unpaired) electrons. The third kappa shape index (κ3) is 10.1. The van der Waals surface area contributed by atoms with Gasteiger partial charge >= 0.3 is 131 Å². The third-order valence-corrected chi connectivity index (χ3v) is 17.0. The Hall–Kier alpha value is 0.279. The topological polar surface area (TPSA) is 18.5 Å². The maximum absolute atomic E-state index is 5.33. The van der Waals surface area contributed by atoms with Crippen LogP contribution in [0.25, 0.3) is 0 Å². The fraction of sp³-hybridized carbons (Fsp3) is 0.882. The Kier molecular flexibility index (Phi) is 14.4. The number of rotatable bonds is 12. The zero-order valence-corrected chi connectivity index (χ0v) is 16.9. The molecular formula is C17H34O2Sn. The molecule has 0 spiro atoms. The third-order valence-electron chi connectivity index (χ3n) is 3.76. The van der Waals surface area contributed by atoms with Gasteiger partial charge in [0.05, 0.1) is 0 Å². The molecule has 0 saturated carbocycles. The molecule has 0 bridgehead atoms. The van der Waals surface area contributed by atoms with Gasteiger partial charge in [0.25, 0.3) is 0 Å². The fourth-order valence-corrected chi connectivity index (χ4v) is 15.8. The van der Waals surface area contributed by atoms with Crippen LogP contribution in [0.15, 0.2) is 0 Å².